The Morgan fingerprint density at radius 1 is 1.06 bits per heavy atom. The molecule has 32 heavy (non-hydrogen) atoms. The molecule has 0 spiro atoms. The van der Waals surface area contributed by atoms with Crippen molar-refractivity contribution in [2.24, 2.45) is 0 Å². The number of para-hydroxylation sites is 1. The summed E-state index contributed by atoms with van der Waals surface area (Å²) in [6, 6.07) is 20.1. The molecule has 162 valence electrons. The summed E-state index contributed by atoms with van der Waals surface area (Å²) in [5, 5.41) is 1.40. The van der Waals surface area contributed by atoms with Crippen molar-refractivity contribution in [1.29, 1.82) is 0 Å². The van der Waals surface area contributed by atoms with Gasteiger partial charge in [-0.3, -0.25) is 0 Å². The van der Waals surface area contributed by atoms with Crippen molar-refractivity contribution >= 4 is 28.3 Å². The highest BCUT2D eigenvalue weighted by molar-refractivity contribution is 6.33. The molecule has 0 saturated heterocycles. The van der Waals surface area contributed by atoms with E-state index in [-0.39, 0.29) is 5.63 Å². The highest BCUT2D eigenvalue weighted by Gasteiger charge is 2.27. The van der Waals surface area contributed by atoms with Gasteiger partial charge >= 0.3 is 5.63 Å². The van der Waals surface area contributed by atoms with E-state index in [0.717, 1.165) is 34.2 Å². The summed E-state index contributed by atoms with van der Waals surface area (Å²) >= 11 is 6.63. The summed E-state index contributed by atoms with van der Waals surface area (Å²) in [6.45, 7) is 5.06. The number of halogens is 1. The van der Waals surface area contributed by atoms with Crippen molar-refractivity contribution in [3.8, 4) is 5.75 Å². The van der Waals surface area contributed by atoms with Gasteiger partial charge in [0.25, 0.3) is 0 Å². The van der Waals surface area contributed by atoms with Gasteiger partial charge in [0.1, 0.15) is 11.3 Å². The van der Waals surface area contributed by atoms with Gasteiger partial charge in [-0.05, 0) is 42.2 Å². The van der Waals surface area contributed by atoms with Crippen molar-refractivity contribution < 1.29 is 9.15 Å². The fourth-order valence-electron chi connectivity index (χ4n) is 4.49. The molecule has 0 unspecified atom stereocenters. The first kappa shape index (κ1) is 20.7. The first-order chi connectivity index (χ1) is 15.6. The molecule has 0 radical (unpaired) electrons. The van der Waals surface area contributed by atoms with E-state index in [9.17, 15) is 4.79 Å². The van der Waals surface area contributed by atoms with Crippen molar-refractivity contribution in [3.05, 3.63) is 104 Å². The summed E-state index contributed by atoms with van der Waals surface area (Å²) in [5.41, 5.74) is 6.05. The first-order valence-corrected chi connectivity index (χ1v) is 11.2. The Hall–Kier alpha value is -3.24. The van der Waals surface area contributed by atoms with E-state index < -0.39 is 0 Å². The van der Waals surface area contributed by atoms with Gasteiger partial charge in [0.05, 0.1) is 17.1 Å². The lowest BCUT2D eigenvalue weighted by molar-refractivity contribution is 0.289. The number of rotatable bonds is 4. The molecule has 3 aromatic carbocycles. The van der Waals surface area contributed by atoms with Crippen LogP contribution in [-0.2, 0) is 19.4 Å². The van der Waals surface area contributed by atoms with E-state index in [0.29, 0.717) is 41.6 Å². The van der Waals surface area contributed by atoms with Gasteiger partial charge < -0.3 is 14.1 Å². The monoisotopic (exact) mass is 445 g/mol. The minimum Gasteiger partial charge on any atom is -0.471 e. The third-order valence-corrected chi connectivity index (χ3v) is 6.51. The van der Waals surface area contributed by atoms with E-state index in [1.54, 1.807) is 0 Å². The van der Waals surface area contributed by atoms with E-state index in [1.165, 1.54) is 5.56 Å². The summed E-state index contributed by atoms with van der Waals surface area (Å²) in [4.78, 5) is 15.2. The Balaban J connectivity index is 1.63. The molecule has 0 fully saturated rings. The smallest absolute Gasteiger partial charge is 0.340 e. The number of anilines is 1. The number of hydrogen-bond donors (Lipinski definition) is 0. The Kier molecular flexibility index (Phi) is 5.40. The second-order valence-corrected chi connectivity index (χ2v) is 8.56. The second-order valence-electron chi connectivity index (χ2n) is 8.15. The zero-order valence-electron chi connectivity index (χ0n) is 18.2. The summed E-state index contributed by atoms with van der Waals surface area (Å²) in [6.07, 6.45) is 1.44. The fraction of sp³-hybridized carbons (Fsp3) is 0.222. The molecule has 0 N–H and O–H groups in total. The predicted molar refractivity (Wildman–Crippen MR) is 129 cm³/mol. The topological polar surface area (TPSA) is 42.7 Å². The minimum atomic E-state index is -0.311. The molecule has 0 atom stereocenters. The van der Waals surface area contributed by atoms with Crippen molar-refractivity contribution in [2.75, 3.05) is 11.6 Å². The van der Waals surface area contributed by atoms with Crippen LogP contribution < -0.4 is 15.3 Å². The van der Waals surface area contributed by atoms with Gasteiger partial charge in [0.15, 0.2) is 6.73 Å². The van der Waals surface area contributed by atoms with Crippen molar-refractivity contribution in [2.45, 2.75) is 33.2 Å². The molecule has 4 aromatic rings. The average Bonchev–Trinajstić information content (AvgIpc) is 2.83. The number of benzene rings is 3. The molecule has 0 bridgehead atoms. The Morgan fingerprint density at radius 2 is 1.81 bits per heavy atom. The minimum absolute atomic E-state index is 0.311. The lowest BCUT2D eigenvalue weighted by Gasteiger charge is -2.33. The van der Waals surface area contributed by atoms with E-state index >= 15 is 0 Å². The number of aryl methyl sites for hydroxylation is 2. The van der Waals surface area contributed by atoms with Crippen LogP contribution >= 0.6 is 11.6 Å². The summed E-state index contributed by atoms with van der Waals surface area (Å²) < 4.78 is 12.0. The Morgan fingerprint density at radius 3 is 2.59 bits per heavy atom. The molecule has 0 aliphatic carbocycles. The van der Waals surface area contributed by atoms with E-state index in [1.807, 2.05) is 55.5 Å². The van der Waals surface area contributed by atoms with Crippen LogP contribution in [0.2, 0.25) is 5.02 Å². The number of ether oxygens (including phenoxy) is 1. The highest BCUT2D eigenvalue weighted by Crippen LogP contribution is 2.41. The largest absolute Gasteiger partial charge is 0.471 e. The quantitative estimate of drug-likeness (QED) is 0.347. The lowest BCUT2D eigenvalue weighted by atomic mass is 9.97. The van der Waals surface area contributed by atoms with Crippen LogP contribution in [-0.4, -0.2) is 6.73 Å². The van der Waals surface area contributed by atoms with E-state index in [4.69, 9.17) is 20.8 Å². The van der Waals surface area contributed by atoms with Crippen molar-refractivity contribution in [3.63, 3.8) is 0 Å². The Labute approximate surface area is 192 Å². The molecule has 0 saturated carbocycles. The van der Waals surface area contributed by atoms with Gasteiger partial charge in [0.2, 0.25) is 0 Å². The molecule has 5 rings (SSSR count). The molecular formula is C27H24ClNO3. The van der Waals surface area contributed by atoms with Crippen LogP contribution in [0.4, 0.5) is 5.69 Å². The van der Waals surface area contributed by atoms with Crippen LogP contribution in [0, 0.1) is 6.92 Å². The standard InChI is InChI=1S/C27H24ClNO3/c1-3-19-11-7-8-12-24(19)29-15-22-25-20(14-23(28)26(22)31-16-29)17(2)21(27(30)32-25)13-18-9-5-4-6-10-18/h4-12,14H,3,13,15-16H2,1-2H3. The van der Waals surface area contributed by atoms with Gasteiger partial charge in [-0.25, -0.2) is 4.79 Å². The van der Waals surface area contributed by atoms with Crippen LogP contribution in [0.1, 0.15) is 34.7 Å². The molecule has 2 heterocycles. The SMILES string of the molecule is CCc1ccccc1N1COc2c(Cl)cc3c(C)c(Cc4ccccc4)c(=O)oc3c2C1. The molecule has 4 nitrogen and oxygen atoms in total. The van der Waals surface area contributed by atoms with Crippen molar-refractivity contribution in [1.82, 2.24) is 0 Å². The zero-order valence-corrected chi connectivity index (χ0v) is 18.9. The first-order valence-electron chi connectivity index (χ1n) is 10.8. The third-order valence-electron chi connectivity index (χ3n) is 6.23. The number of nitrogens with zero attached hydrogens (tertiary/aromatic N) is 1. The normalized spacial score (nSPS) is 13.2. The van der Waals surface area contributed by atoms with Crippen LogP contribution in [0.5, 0.6) is 5.75 Å². The van der Waals surface area contributed by atoms with Crippen LogP contribution in [0.15, 0.2) is 69.9 Å². The summed E-state index contributed by atoms with van der Waals surface area (Å²) in [7, 11) is 0. The molecular weight excluding hydrogens is 422 g/mol. The highest BCUT2D eigenvalue weighted by atomic mass is 35.5. The second kappa shape index (κ2) is 8.36. The van der Waals surface area contributed by atoms with Crippen LogP contribution in [0.3, 0.4) is 0 Å². The zero-order chi connectivity index (χ0) is 22.2. The van der Waals surface area contributed by atoms with Gasteiger partial charge in [-0.15, -0.1) is 0 Å². The van der Waals surface area contributed by atoms with E-state index in [2.05, 4.69) is 24.0 Å². The molecule has 1 aromatic heterocycles. The Bertz CT molecular complexity index is 1360. The molecule has 1 aliphatic rings. The molecule has 0 amide bonds. The molecule has 1 aliphatic heterocycles. The van der Waals surface area contributed by atoms with Gasteiger partial charge in [-0.2, -0.15) is 0 Å². The number of hydrogen-bond acceptors (Lipinski definition) is 4. The van der Waals surface area contributed by atoms with Gasteiger partial charge in [-0.1, -0.05) is 67.1 Å². The maximum atomic E-state index is 13.0. The van der Waals surface area contributed by atoms with Crippen LogP contribution in [0.25, 0.3) is 11.0 Å². The average molecular weight is 446 g/mol. The molecule has 5 heteroatoms. The third kappa shape index (κ3) is 3.55. The maximum Gasteiger partial charge on any atom is 0.340 e. The predicted octanol–water partition coefficient (Wildman–Crippen LogP) is 6.26. The lowest BCUT2D eigenvalue weighted by Crippen LogP contribution is -2.33. The fourth-order valence-corrected chi connectivity index (χ4v) is 4.77. The maximum absolute atomic E-state index is 13.0. The summed E-state index contributed by atoms with van der Waals surface area (Å²) in [5.74, 6) is 0.600. The van der Waals surface area contributed by atoms with Gasteiger partial charge in [0, 0.05) is 23.1 Å². The number of fused-ring (bicyclic) bond motifs is 3.